The van der Waals surface area contributed by atoms with Gasteiger partial charge in [0, 0.05) is 0 Å². The van der Waals surface area contributed by atoms with Gasteiger partial charge < -0.3 is 5.11 Å². The van der Waals surface area contributed by atoms with Gasteiger partial charge in [0.15, 0.2) is 0 Å². The normalized spacial score (nSPS) is 12.1. The first-order valence-electron chi connectivity index (χ1n) is 13.1. The molecule has 1 atom stereocenters. The van der Waals surface area contributed by atoms with Crippen LogP contribution in [-0.2, 0) is 0 Å². The van der Waals surface area contributed by atoms with Crippen LogP contribution in [-0.4, -0.2) is 34.8 Å². The number of hydrogen-bond donors (Lipinski definition) is 1. The number of hydrogen-bond acceptors (Lipinski definition) is 2. The summed E-state index contributed by atoms with van der Waals surface area (Å²) in [6.45, 7) is 11.1. The molecule has 1 unspecified atom stereocenters. The van der Waals surface area contributed by atoms with E-state index >= 15 is 0 Å². The smallest absolute Gasteiger partial charge is 0.0964 e. The summed E-state index contributed by atoms with van der Waals surface area (Å²) in [5.41, 5.74) is -0.182. The molecule has 0 spiro atoms. The summed E-state index contributed by atoms with van der Waals surface area (Å²) in [4.78, 5) is 0. The Hall–Kier alpha value is 0.740. The van der Waals surface area contributed by atoms with E-state index in [9.17, 15) is 0 Å². The van der Waals surface area contributed by atoms with Gasteiger partial charge in [0.2, 0.25) is 0 Å². The second-order valence-electron chi connectivity index (χ2n) is 8.55. The molecule has 0 amide bonds. The van der Waals surface area contributed by atoms with Crippen molar-refractivity contribution in [1.82, 2.24) is 0 Å². The van der Waals surface area contributed by atoms with Gasteiger partial charge in [0.05, 0.1) is 5.44 Å². The zero-order chi connectivity index (χ0) is 22.0. The van der Waals surface area contributed by atoms with Gasteiger partial charge in [0.25, 0.3) is 0 Å². The minimum absolute atomic E-state index is 0.182. The summed E-state index contributed by atoms with van der Waals surface area (Å²) in [7, 11) is 0.422. The van der Waals surface area contributed by atoms with Crippen molar-refractivity contribution in [3.05, 3.63) is 0 Å². The Kier molecular flexibility index (Phi) is 31.6. The third-order valence-corrected chi connectivity index (χ3v) is 9.19. The summed E-state index contributed by atoms with van der Waals surface area (Å²) in [5.74, 6) is 1.12. The predicted octanol–water partition coefficient (Wildman–Crippen LogP) is 9.85. The minimum atomic E-state index is -0.182. The van der Waals surface area contributed by atoms with E-state index in [1.807, 2.05) is 6.92 Å². The Bertz CT molecular complexity index is 254. The predicted molar refractivity (Wildman–Crippen MR) is 142 cm³/mol. The highest BCUT2D eigenvalue weighted by atomic mass is 32.2. The lowest BCUT2D eigenvalue weighted by Gasteiger charge is -2.16. The Morgan fingerprint density at radius 3 is 1.24 bits per heavy atom. The lowest BCUT2D eigenvalue weighted by Crippen LogP contribution is -1.95. The molecule has 0 radical (unpaired) electrons. The molecule has 0 fully saturated rings. The van der Waals surface area contributed by atoms with Crippen LogP contribution >= 0.6 is 19.7 Å². The van der Waals surface area contributed by atoms with Crippen LogP contribution in [0.5, 0.6) is 0 Å². The van der Waals surface area contributed by atoms with Crippen LogP contribution in [0.3, 0.4) is 0 Å². The average Bonchev–Trinajstić information content (AvgIpc) is 2.71. The second-order valence-corrected chi connectivity index (χ2v) is 12.7. The molecule has 1 nitrogen and oxygen atoms in total. The van der Waals surface area contributed by atoms with Crippen molar-refractivity contribution in [1.29, 1.82) is 0 Å². The molecule has 0 aliphatic carbocycles. The zero-order valence-corrected chi connectivity index (χ0v) is 22.7. The standard InChI is InChI=1S/C14H30OS.C12H27P/c1-3-4-5-6-7-8-9-10-11-12-13-16-14(2)15;1-4-7-10-13(11-8-5-2)12-9-6-3/h14-15H,3-13H2,1-2H3;4-12H2,1-3H3. The molecule has 0 aliphatic rings. The number of aliphatic hydroxyl groups excluding tert-OH is 1. The van der Waals surface area contributed by atoms with Crippen molar-refractivity contribution < 1.29 is 5.11 Å². The minimum Gasteiger partial charge on any atom is -0.383 e. The lowest BCUT2D eigenvalue weighted by atomic mass is 10.1. The molecule has 0 heterocycles. The maximum atomic E-state index is 9.06. The molecular formula is C26H57OPS. The SMILES string of the molecule is CCCCCCCCCCCCSC(C)O.CCCCP(CCCC)CCCC. The van der Waals surface area contributed by atoms with Gasteiger partial charge in [-0.2, -0.15) is 0 Å². The number of thioether (sulfide) groups is 1. The van der Waals surface area contributed by atoms with Gasteiger partial charge in [-0.3, -0.25) is 0 Å². The molecule has 0 saturated carbocycles. The zero-order valence-electron chi connectivity index (χ0n) is 21.0. The van der Waals surface area contributed by atoms with Gasteiger partial charge in [-0.1, -0.05) is 105 Å². The molecule has 0 saturated heterocycles. The Balaban J connectivity index is 0. The van der Waals surface area contributed by atoms with E-state index in [2.05, 4.69) is 27.7 Å². The van der Waals surface area contributed by atoms with Crippen molar-refractivity contribution in [3.8, 4) is 0 Å². The first-order chi connectivity index (χ1) is 14.1. The van der Waals surface area contributed by atoms with Crippen molar-refractivity contribution in [2.75, 3.05) is 24.2 Å². The molecule has 0 bridgehead atoms. The van der Waals surface area contributed by atoms with E-state index in [4.69, 9.17) is 5.11 Å². The monoisotopic (exact) mass is 448 g/mol. The van der Waals surface area contributed by atoms with Crippen LogP contribution in [0.1, 0.15) is 137 Å². The summed E-state index contributed by atoms with van der Waals surface area (Å²) in [5, 5.41) is 9.06. The van der Waals surface area contributed by atoms with E-state index < -0.39 is 0 Å². The van der Waals surface area contributed by atoms with E-state index in [-0.39, 0.29) is 5.44 Å². The fraction of sp³-hybridized carbons (Fsp3) is 1.00. The maximum Gasteiger partial charge on any atom is 0.0964 e. The summed E-state index contributed by atoms with van der Waals surface area (Å²) in [6, 6.07) is 0. The fourth-order valence-electron chi connectivity index (χ4n) is 3.32. The Morgan fingerprint density at radius 1 is 0.552 bits per heavy atom. The van der Waals surface area contributed by atoms with Crippen LogP contribution in [0, 0.1) is 0 Å². The molecule has 1 N–H and O–H groups in total. The topological polar surface area (TPSA) is 20.2 Å². The molecule has 178 valence electrons. The van der Waals surface area contributed by atoms with Gasteiger partial charge in [-0.05, 0) is 56.8 Å². The molecule has 0 aromatic rings. The van der Waals surface area contributed by atoms with E-state index in [1.165, 1.54) is 103 Å². The molecule has 0 rings (SSSR count). The number of unbranched alkanes of at least 4 members (excludes halogenated alkanes) is 12. The van der Waals surface area contributed by atoms with Crippen LogP contribution in [0.15, 0.2) is 0 Å². The molecule has 3 heteroatoms. The van der Waals surface area contributed by atoms with Crippen molar-refractivity contribution in [2.45, 2.75) is 143 Å². The van der Waals surface area contributed by atoms with Crippen LogP contribution < -0.4 is 0 Å². The fourth-order valence-corrected chi connectivity index (χ4v) is 7.00. The number of aliphatic hydroxyl groups is 1. The van der Waals surface area contributed by atoms with Gasteiger partial charge >= 0.3 is 0 Å². The van der Waals surface area contributed by atoms with Gasteiger partial charge in [-0.15, -0.1) is 19.7 Å². The molecule has 0 aliphatic heterocycles. The van der Waals surface area contributed by atoms with Crippen LogP contribution in [0.4, 0.5) is 0 Å². The summed E-state index contributed by atoms with van der Waals surface area (Å²) in [6.07, 6.45) is 27.1. The van der Waals surface area contributed by atoms with Crippen molar-refractivity contribution in [3.63, 3.8) is 0 Å². The van der Waals surface area contributed by atoms with Gasteiger partial charge in [-0.25, -0.2) is 0 Å². The largest absolute Gasteiger partial charge is 0.383 e. The third kappa shape index (κ3) is 31.0. The quantitative estimate of drug-likeness (QED) is 0.107. The molecule has 0 aromatic heterocycles. The highest BCUT2D eigenvalue weighted by molar-refractivity contribution is 7.99. The van der Waals surface area contributed by atoms with E-state index in [0.29, 0.717) is 7.92 Å². The maximum absolute atomic E-state index is 9.06. The Morgan fingerprint density at radius 2 is 0.897 bits per heavy atom. The highest BCUT2D eigenvalue weighted by Crippen LogP contribution is 2.38. The number of rotatable bonds is 21. The first kappa shape index (κ1) is 31.9. The first-order valence-corrected chi connectivity index (χ1v) is 16.1. The van der Waals surface area contributed by atoms with E-state index in [1.54, 1.807) is 30.2 Å². The lowest BCUT2D eigenvalue weighted by molar-refractivity contribution is 0.284. The van der Waals surface area contributed by atoms with Crippen LogP contribution in [0.25, 0.3) is 0 Å². The summed E-state index contributed by atoms with van der Waals surface area (Å²) >= 11 is 1.66. The molecule has 29 heavy (non-hydrogen) atoms. The second kappa shape index (κ2) is 28.7. The average molecular weight is 449 g/mol. The molecular weight excluding hydrogens is 391 g/mol. The van der Waals surface area contributed by atoms with E-state index in [0.717, 1.165) is 5.75 Å². The Labute approximate surface area is 191 Å². The van der Waals surface area contributed by atoms with Crippen molar-refractivity contribution >= 4 is 19.7 Å². The van der Waals surface area contributed by atoms with Gasteiger partial charge in [0.1, 0.15) is 0 Å². The van der Waals surface area contributed by atoms with Crippen LogP contribution in [0.2, 0.25) is 0 Å². The van der Waals surface area contributed by atoms with Crippen molar-refractivity contribution in [2.24, 2.45) is 0 Å². The highest BCUT2D eigenvalue weighted by Gasteiger charge is 2.05. The molecule has 0 aromatic carbocycles. The third-order valence-electron chi connectivity index (χ3n) is 5.34. The summed E-state index contributed by atoms with van der Waals surface area (Å²) < 4.78 is 0.